The Labute approximate surface area is 163 Å². The van der Waals surface area contributed by atoms with Crippen molar-refractivity contribution in [3.63, 3.8) is 0 Å². The molecule has 0 radical (unpaired) electrons. The number of nitrogens with one attached hydrogen (secondary N) is 2. The van der Waals surface area contributed by atoms with Gasteiger partial charge in [-0.15, -0.1) is 0 Å². The highest BCUT2D eigenvalue weighted by Crippen LogP contribution is 2.36. The average Bonchev–Trinajstić information content (AvgIpc) is 3.08. The molecule has 2 aromatic carbocycles. The van der Waals surface area contributed by atoms with Gasteiger partial charge < -0.3 is 10.1 Å². The lowest BCUT2D eigenvalue weighted by molar-refractivity contribution is -0.131. The Balaban J connectivity index is 1.67. The molecule has 4 rings (SSSR count). The Bertz CT molecular complexity index is 864. The van der Waals surface area contributed by atoms with Crippen LogP contribution in [-0.2, 0) is 4.79 Å². The lowest BCUT2D eigenvalue weighted by Gasteiger charge is -2.33. The maximum atomic E-state index is 12.8. The van der Waals surface area contributed by atoms with Crippen LogP contribution < -0.4 is 15.5 Å². The molecule has 0 aromatic heterocycles. The van der Waals surface area contributed by atoms with Crippen LogP contribution in [0.5, 0.6) is 5.75 Å². The molecule has 1 amide bonds. The molecule has 2 heterocycles. The molecule has 140 valence electrons. The van der Waals surface area contributed by atoms with Crippen molar-refractivity contribution in [1.29, 1.82) is 0 Å². The largest absolute Gasteiger partial charge is 0.497 e. The van der Waals surface area contributed by atoms with Crippen LogP contribution >= 0.6 is 11.6 Å². The number of carbonyl (C=O) groups excluding carboxylic acids is 1. The van der Waals surface area contributed by atoms with Gasteiger partial charge in [0.15, 0.2) is 0 Å². The van der Waals surface area contributed by atoms with E-state index in [-0.39, 0.29) is 24.0 Å². The zero-order chi connectivity index (χ0) is 19.0. The number of rotatable bonds is 4. The maximum Gasteiger partial charge on any atom is 0.264 e. The highest BCUT2D eigenvalue weighted by molar-refractivity contribution is 6.30. The van der Waals surface area contributed by atoms with Gasteiger partial charge in [-0.3, -0.25) is 9.80 Å². The third-order valence-electron chi connectivity index (χ3n) is 5.26. The van der Waals surface area contributed by atoms with Crippen molar-refractivity contribution in [2.75, 3.05) is 7.11 Å². The van der Waals surface area contributed by atoms with Gasteiger partial charge in [0.25, 0.3) is 5.91 Å². The third kappa shape index (κ3) is 3.29. The van der Waals surface area contributed by atoms with Gasteiger partial charge in [0, 0.05) is 28.8 Å². The van der Waals surface area contributed by atoms with Crippen LogP contribution in [0.2, 0.25) is 5.02 Å². The van der Waals surface area contributed by atoms with Gasteiger partial charge in [-0.1, -0.05) is 30.7 Å². The second-order valence-electron chi connectivity index (χ2n) is 6.81. The molecule has 3 unspecified atom stereocenters. The van der Waals surface area contributed by atoms with Crippen LogP contribution in [0.1, 0.15) is 30.4 Å². The number of halogens is 1. The average molecular weight is 384 g/mol. The molecule has 27 heavy (non-hydrogen) atoms. The first kappa shape index (κ1) is 17.9. The second-order valence-corrected chi connectivity index (χ2v) is 7.24. The number of hydrazine groups is 1. The monoisotopic (exact) mass is 383 g/mol. The zero-order valence-corrected chi connectivity index (χ0v) is 16.0. The molecule has 2 aliphatic heterocycles. The molecule has 6 heteroatoms. The third-order valence-corrected chi connectivity index (χ3v) is 5.51. The maximum absolute atomic E-state index is 12.8. The fourth-order valence-corrected chi connectivity index (χ4v) is 3.98. The Morgan fingerprint density at radius 1 is 1.11 bits per heavy atom. The van der Waals surface area contributed by atoms with Gasteiger partial charge in [0.05, 0.1) is 7.11 Å². The number of fused-ring (bicyclic) bond motifs is 1. The Hall–Kier alpha value is -2.50. The van der Waals surface area contributed by atoms with Crippen molar-refractivity contribution >= 4 is 23.2 Å². The molecular weight excluding hydrogens is 362 g/mol. The smallest absolute Gasteiger partial charge is 0.264 e. The number of hydrogen-bond donors (Lipinski definition) is 2. The van der Waals surface area contributed by atoms with Gasteiger partial charge in [0.2, 0.25) is 0 Å². The van der Waals surface area contributed by atoms with Crippen LogP contribution in [0.15, 0.2) is 54.6 Å². The molecule has 2 N–H and O–H groups in total. The Morgan fingerprint density at radius 2 is 1.81 bits per heavy atom. The summed E-state index contributed by atoms with van der Waals surface area (Å²) < 4.78 is 5.22. The highest BCUT2D eigenvalue weighted by Gasteiger charge is 2.45. The summed E-state index contributed by atoms with van der Waals surface area (Å²) in [7, 11) is 1.64. The van der Waals surface area contributed by atoms with E-state index in [4.69, 9.17) is 16.3 Å². The molecule has 5 nitrogen and oxygen atoms in total. The van der Waals surface area contributed by atoms with Gasteiger partial charge in [-0.05, 0) is 53.9 Å². The van der Waals surface area contributed by atoms with Gasteiger partial charge in [-0.2, -0.15) is 0 Å². The van der Waals surface area contributed by atoms with E-state index in [1.807, 2.05) is 48.5 Å². The molecule has 0 saturated carbocycles. The molecule has 3 atom stereocenters. The van der Waals surface area contributed by atoms with Crippen LogP contribution in [0.25, 0.3) is 5.70 Å². The first-order valence-corrected chi connectivity index (χ1v) is 9.46. The van der Waals surface area contributed by atoms with E-state index in [2.05, 4.69) is 17.7 Å². The molecule has 0 bridgehead atoms. The van der Waals surface area contributed by atoms with Gasteiger partial charge in [-0.25, -0.2) is 5.43 Å². The molecule has 2 aromatic rings. The number of nitrogens with zero attached hydrogens (tertiary/aromatic N) is 1. The van der Waals surface area contributed by atoms with E-state index >= 15 is 0 Å². The number of amides is 1. The predicted molar refractivity (Wildman–Crippen MR) is 106 cm³/mol. The topological polar surface area (TPSA) is 53.6 Å². The minimum Gasteiger partial charge on any atom is -0.497 e. The van der Waals surface area contributed by atoms with E-state index in [1.54, 1.807) is 18.2 Å². The van der Waals surface area contributed by atoms with E-state index in [9.17, 15) is 4.79 Å². The molecule has 1 fully saturated rings. The molecule has 2 aliphatic rings. The standard InChI is InChI=1S/C21H22ClN3O2/c1-3-17-20(14-4-8-15(22)9-5-14)21-23-18(12-19(26)25(21)24-17)13-6-10-16(27-2)11-7-13/h4-12,17,20-21,23-24H,3H2,1-2H3. The van der Waals surface area contributed by atoms with Crippen molar-refractivity contribution in [3.8, 4) is 5.75 Å². The van der Waals surface area contributed by atoms with Crippen LogP contribution in [0.4, 0.5) is 0 Å². The van der Waals surface area contributed by atoms with Crippen LogP contribution in [-0.4, -0.2) is 30.2 Å². The summed E-state index contributed by atoms with van der Waals surface area (Å²) in [6, 6.07) is 15.7. The normalized spacial score (nSPS) is 24.3. The number of hydrogen-bond acceptors (Lipinski definition) is 4. The van der Waals surface area contributed by atoms with Crippen molar-refractivity contribution < 1.29 is 9.53 Å². The first-order valence-electron chi connectivity index (χ1n) is 9.08. The summed E-state index contributed by atoms with van der Waals surface area (Å²) in [6.45, 7) is 2.13. The lowest BCUT2D eigenvalue weighted by Crippen LogP contribution is -2.52. The van der Waals surface area contributed by atoms with Crippen molar-refractivity contribution in [3.05, 3.63) is 70.8 Å². The van der Waals surface area contributed by atoms with Crippen molar-refractivity contribution in [2.24, 2.45) is 0 Å². The minimum atomic E-state index is -0.161. The summed E-state index contributed by atoms with van der Waals surface area (Å²) in [6.07, 6.45) is 2.39. The Kier molecular flexibility index (Phi) is 4.81. The number of carbonyl (C=O) groups is 1. The van der Waals surface area contributed by atoms with Gasteiger partial charge in [0.1, 0.15) is 11.9 Å². The van der Waals surface area contributed by atoms with Crippen molar-refractivity contribution in [2.45, 2.75) is 31.5 Å². The quantitative estimate of drug-likeness (QED) is 0.848. The Morgan fingerprint density at radius 3 is 2.44 bits per heavy atom. The van der Waals surface area contributed by atoms with Gasteiger partial charge >= 0.3 is 0 Å². The minimum absolute atomic E-state index is 0.0421. The van der Waals surface area contributed by atoms with E-state index in [0.29, 0.717) is 5.02 Å². The van der Waals surface area contributed by atoms with Crippen molar-refractivity contribution in [1.82, 2.24) is 15.8 Å². The number of methoxy groups -OCH3 is 1. The fraction of sp³-hybridized carbons (Fsp3) is 0.286. The lowest BCUT2D eigenvalue weighted by atomic mass is 9.88. The first-order chi connectivity index (χ1) is 13.1. The highest BCUT2D eigenvalue weighted by atomic mass is 35.5. The molecule has 0 spiro atoms. The SMILES string of the molecule is CCC1NN2C(=O)C=C(c3ccc(OC)cc3)NC2C1c1ccc(Cl)cc1. The second kappa shape index (κ2) is 7.25. The predicted octanol–water partition coefficient (Wildman–Crippen LogP) is 3.53. The fourth-order valence-electron chi connectivity index (χ4n) is 3.85. The number of ether oxygens (including phenoxy) is 1. The summed E-state index contributed by atoms with van der Waals surface area (Å²) in [4.78, 5) is 12.8. The van der Waals surface area contributed by atoms with E-state index in [0.717, 1.165) is 29.0 Å². The number of benzene rings is 2. The zero-order valence-electron chi connectivity index (χ0n) is 15.3. The summed E-state index contributed by atoms with van der Waals surface area (Å²) in [5.41, 5.74) is 6.30. The van der Waals surface area contributed by atoms with Crippen LogP contribution in [0.3, 0.4) is 0 Å². The van der Waals surface area contributed by atoms with E-state index < -0.39 is 0 Å². The van der Waals surface area contributed by atoms with E-state index in [1.165, 1.54) is 0 Å². The van der Waals surface area contributed by atoms with Crippen LogP contribution in [0, 0.1) is 0 Å². The molecule has 1 saturated heterocycles. The summed E-state index contributed by atoms with van der Waals surface area (Å²) in [5, 5.41) is 5.98. The summed E-state index contributed by atoms with van der Waals surface area (Å²) >= 11 is 6.06. The molecule has 0 aliphatic carbocycles. The summed E-state index contributed by atoms with van der Waals surface area (Å²) in [5.74, 6) is 0.869. The molecular formula is C21H22ClN3O2.